The third kappa shape index (κ3) is 4.79. The molecule has 2 aromatic rings. The van der Waals surface area contributed by atoms with Crippen molar-refractivity contribution in [2.75, 3.05) is 11.1 Å². The molecule has 2 rings (SSSR count). The lowest BCUT2D eigenvalue weighted by molar-refractivity contribution is -0.113. The summed E-state index contributed by atoms with van der Waals surface area (Å²) in [6.07, 6.45) is 0. The SMILES string of the molecule is Cc1cccc(CSCC(=O)Nc2ccccc2)c1. The second-order valence-corrected chi connectivity index (χ2v) is 5.38. The predicted octanol–water partition coefficient (Wildman–Crippen LogP) is 3.87. The van der Waals surface area contributed by atoms with Crippen LogP contribution in [0.25, 0.3) is 0 Å². The molecule has 0 unspecified atom stereocenters. The molecule has 0 spiro atoms. The highest BCUT2D eigenvalue weighted by atomic mass is 32.2. The monoisotopic (exact) mass is 271 g/mol. The van der Waals surface area contributed by atoms with Crippen LogP contribution in [0.3, 0.4) is 0 Å². The first-order valence-corrected chi connectivity index (χ1v) is 7.38. The zero-order valence-electron chi connectivity index (χ0n) is 10.9. The summed E-state index contributed by atoms with van der Waals surface area (Å²) in [5.41, 5.74) is 3.37. The van der Waals surface area contributed by atoms with Crippen LogP contribution in [0.1, 0.15) is 11.1 Å². The number of benzene rings is 2. The molecule has 0 bridgehead atoms. The van der Waals surface area contributed by atoms with Gasteiger partial charge in [0, 0.05) is 11.4 Å². The highest BCUT2D eigenvalue weighted by Gasteiger charge is 2.02. The molecule has 3 heteroatoms. The number of anilines is 1. The van der Waals surface area contributed by atoms with Gasteiger partial charge in [0.2, 0.25) is 5.91 Å². The van der Waals surface area contributed by atoms with Gasteiger partial charge in [-0.1, -0.05) is 48.0 Å². The maximum absolute atomic E-state index is 11.7. The summed E-state index contributed by atoms with van der Waals surface area (Å²) in [6.45, 7) is 2.08. The highest BCUT2D eigenvalue weighted by molar-refractivity contribution is 7.99. The van der Waals surface area contributed by atoms with E-state index < -0.39 is 0 Å². The first-order valence-electron chi connectivity index (χ1n) is 6.22. The predicted molar refractivity (Wildman–Crippen MR) is 82.4 cm³/mol. The molecule has 0 radical (unpaired) electrons. The van der Waals surface area contributed by atoms with E-state index in [0.29, 0.717) is 5.75 Å². The Labute approximate surface area is 118 Å². The van der Waals surface area contributed by atoms with E-state index in [1.54, 1.807) is 11.8 Å². The molecule has 0 fully saturated rings. The van der Waals surface area contributed by atoms with Gasteiger partial charge in [0.15, 0.2) is 0 Å². The zero-order valence-corrected chi connectivity index (χ0v) is 11.7. The van der Waals surface area contributed by atoms with Crippen molar-refractivity contribution in [2.45, 2.75) is 12.7 Å². The van der Waals surface area contributed by atoms with Crippen LogP contribution in [0, 0.1) is 6.92 Å². The van der Waals surface area contributed by atoms with Crippen LogP contribution < -0.4 is 5.32 Å². The number of thioether (sulfide) groups is 1. The van der Waals surface area contributed by atoms with Crippen LogP contribution in [0.4, 0.5) is 5.69 Å². The zero-order chi connectivity index (χ0) is 13.5. The molecule has 2 aromatic carbocycles. The van der Waals surface area contributed by atoms with Crippen molar-refractivity contribution in [3.05, 3.63) is 65.7 Å². The molecular weight excluding hydrogens is 254 g/mol. The fraction of sp³-hybridized carbons (Fsp3) is 0.188. The van der Waals surface area contributed by atoms with Gasteiger partial charge in [0.1, 0.15) is 0 Å². The Kier molecular flexibility index (Phi) is 5.04. The lowest BCUT2D eigenvalue weighted by Crippen LogP contribution is -2.13. The molecule has 98 valence electrons. The molecule has 0 saturated carbocycles. The molecule has 0 atom stereocenters. The Hall–Kier alpha value is -1.74. The summed E-state index contributed by atoms with van der Waals surface area (Å²) in [5, 5.41) is 2.88. The van der Waals surface area contributed by atoms with Crippen LogP contribution in [0.2, 0.25) is 0 Å². The fourth-order valence-electron chi connectivity index (χ4n) is 1.78. The van der Waals surface area contributed by atoms with Gasteiger partial charge in [-0.05, 0) is 24.6 Å². The van der Waals surface area contributed by atoms with Gasteiger partial charge < -0.3 is 5.32 Å². The minimum atomic E-state index is 0.0452. The molecule has 0 heterocycles. The summed E-state index contributed by atoms with van der Waals surface area (Å²) >= 11 is 1.63. The van der Waals surface area contributed by atoms with Crippen molar-refractivity contribution in [1.29, 1.82) is 0 Å². The topological polar surface area (TPSA) is 29.1 Å². The van der Waals surface area contributed by atoms with E-state index in [-0.39, 0.29) is 5.91 Å². The maximum Gasteiger partial charge on any atom is 0.234 e. The molecule has 0 aliphatic heterocycles. The van der Waals surface area contributed by atoms with Crippen LogP contribution in [0.5, 0.6) is 0 Å². The van der Waals surface area contributed by atoms with Gasteiger partial charge in [0.05, 0.1) is 5.75 Å². The number of rotatable bonds is 5. The average molecular weight is 271 g/mol. The molecule has 1 amide bonds. The minimum absolute atomic E-state index is 0.0452. The van der Waals surface area contributed by atoms with Crippen molar-refractivity contribution in [2.24, 2.45) is 0 Å². The van der Waals surface area contributed by atoms with E-state index in [1.807, 2.05) is 30.3 Å². The largest absolute Gasteiger partial charge is 0.325 e. The van der Waals surface area contributed by atoms with Gasteiger partial charge in [-0.15, -0.1) is 11.8 Å². The lowest BCUT2D eigenvalue weighted by atomic mass is 10.2. The smallest absolute Gasteiger partial charge is 0.234 e. The number of hydrogen-bond donors (Lipinski definition) is 1. The number of carbonyl (C=O) groups excluding carboxylic acids is 1. The molecule has 0 aromatic heterocycles. The van der Waals surface area contributed by atoms with Gasteiger partial charge in [-0.2, -0.15) is 0 Å². The van der Waals surface area contributed by atoms with Crippen molar-refractivity contribution >= 4 is 23.4 Å². The molecular formula is C16H17NOS. The van der Waals surface area contributed by atoms with Crippen molar-refractivity contribution in [3.8, 4) is 0 Å². The van der Waals surface area contributed by atoms with Gasteiger partial charge in [-0.3, -0.25) is 4.79 Å². The summed E-state index contributed by atoms with van der Waals surface area (Å²) in [6, 6.07) is 17.9. The van der Waals surface area contributed by atoms with Crippen LogP contribution >= 0.6 is 11.8 Å². The second kappa shape index (κ2) is 7.00. The van der Waals surface area contributed by atoms with E-state index in [0.717, 1.165) is 11.4 Å². The first kappa shape index (κ1) is 13.7. The normalized spacial score (nSPS) is 10.2. The van der Waals surface area contributed by atoms with Crippen LogP contribution in [-0.2, 0) is 10.5 Å². The average Bonchev–Trinajstić information content (AvgIpc) is 2.40. The summed E-state index contributed by atoms with van der Waals surface area (Å²) < 4.78 is 0. The Balaban J connectivity index is 1.75. The highest BCUT2D eigenvalue weighted by Crippen LogP contribution is 2.14. The number of amides is 1. The van der Waals surface area contributed by atoms with Gasteiger partial charge in [0.25, 0.3) is 0 Å². The molecule has 19 heavy (non-hydrogen) atoms. The first-order chi connectivity index (χ1) is 9.24. The van der Waals surface area contributed by atoms with Gasteiger partial charge >= 0.3 is 0 Å². The number of nitrogens with one attached hydrogen (secondary N) is 1. The van der Waals surface area contributed by atoms with Crippen LogP contribution in [0.15, 0.2) is 54.6 Å². The third-order valence-corrected chi connectivity index (χ3v) is 3.65. The standard InChI is InChI=1S/C16H17NOS/c1-13-6-5-7-14(10-13)11-19-12-16(18)17-15-8-3-2-4-9-15/h2-10H,11-12H2,1H3,(H,17,18). The molecule has 0 aliphatic rings. The Morgan fingerprint density at radius 2 is 1.89 bits per heavy atom. The Morgan fingerprint density at radius 1 is 1.11 bits per heavy atom. The summed E-state index contributed by atoms with van der Waals surface area (Å²) in [4.78, 5) is 11.7. The third-order valence-electron chi connectivity index (χ3n) is 2.64. The van der Waals surface area contributed by atoms with Crippen molar-refractivity contribution in [1.82, 2.24) is 0 Å². The number of hydrogen-bond acceptors (Lipinski definition) is 2. The van der Waals surface area contributed by atoms with Crippen molar-refractivity contribution in [3.63, 3.8) is 0 Å². The number of aryl methyl sites for hydroxylation is 1. The van der Waals surface area contributed by atoms with E-state index in [9.17, 15) is 4.79 Å². The minimum Gasteiger partial charge on any atom is -0.325 e. The fourth-order valence-corrected chi connectivity index (χ4v) is 2.56. The Bertz CT molecular complexity index is 539. The maximum atomic E-state index is 11.7. The van der Waals surface area contributed by atoms with Crippen molar-refractivity contribution < 1.29 is 4.79 Å². The molecule has 0 aliphatic carbocycles. The van der Waals surface area contributed by atoms with E-state index in [1.165, 1.54) is 11.1 Å². The number of carbonyl (C=O) groups is 1. The quantitative estimate of drug-likeness (QED) is 0.894. The summed E-state index contributed by atoms with van der Waals surface area (Å²) in [5.74, 6) is 1.39. The van der Waals surface area contributed by atoms with E-state index in [2.05, 4.69) is 36.5 Å². The second-order valence-electron chi connectivity index (χ2n) is 4.40. The number of para-hydroxylation sites is 1. The molecule has 0 saturated heterocycles. The Morgan fingerprint density at radius 3 is 2.63 bits per heavy atom. The van der Waals surface area contributed by atoms with Crippen LogP contribution in [-0.4, -0.2) is 11.7 Å². The van der Waals surface area contributed by atoms with Gasteiger partial charge in [-0.25, -0.2) is 0 Å². The van der Waals surface area contributed by atoms with E-state index in [4.69, 9.17) is 0 Å². The van der Waals surface area contributed by atoms with E-state index >= 15 is 0 Å². The summed E-state index contributed by atoms with van der Waals surface area (Å²) in [7, 11) is 0. The lowest BCUT2D eigenvalue weighted by Gasteiger charge is -2.05. The molecule has 1 N–H and O–H groups in total. The molecule has 2 nitrogen and oxygen atoms in total.